The molecule has 1 atom stereocenters. The molecule has 1 amide bonds. The maximum atomic E-state index is 12.9. The van der Waals surface area contributed by atoms with Crippen molar-refractivity contribution in [3.05, 3.63) is 28.8 Å². The van der Waals surface area contributed by atoms with Crippen LogP contribution >= 0.6 is 11.6 Å². The van der Waals surface area contributed by atoms with Crippen molar-refractivity contribution in [2.24, 2.45) is 5.92 Å². The number of halogens is 1. The summed E-state index contributed by atoms with van der Waals surface area (Å²) in [4.78, 5) is 15.0. The maximum Gasteiger partial charge on any atom is 0.226 e. The fourth-order valence-electron chi connectivity index (χ4n) is 4.45. The molecule has 5 nitrogen and oxygen atoms in total. The van der Waals surface area contributed by atoms with Gasteiger partial charge in [-0.05, 0) is 43.4 Å². The van der Waals surface area contributed by atoms with Crippen LogP contribution in [-0.4, -0.2) is 42.4 Å². The molecule has 25 heavy (non-hydrogen) atoms. The number of nitrogen functional groups attached to an aromatic ring is 1. The van der Waals surface area contributed by atoms with Gasteiger partial charge in [0.25, 0.3) is 0 Å². The molecule has 1 spiro atoms. The summed E-state index contributed by atoms with van der Waals surface area (Å²) in [6.07, 6.45) is 5.28. The Morgan fingerprint density at radius 1 is 1.20 bits per heavy atom. The van der Waals surface area contributed by atoms with Crippen LogP contribution in [0.1, 0.15) is 37.7 Å². The minimum absolute atomic E-state index is 0.0241. The van der Waals surface area contributed by atoms with Crippen molar-refractivity contribution in [1.29, 1.82) is 0 Å². The van der Waals surface area contributed by atoms with Crippen LogP contribution < -0.4 is 5.73 Å². The average molecular weight is 365 g/mol. The van der Waals surface area contributed by atoms with E-state index in [0.717, 1.165) is 44.2 Å². The van der Waals surface area contributed by atoms with Crippen LogP contribution in [0.5, 0.6) is 0 Å². The molecule has 3 aliphatic rings. The van der Waals surface area contributed by atoms with Gasteiger partial charge < -0.3 is 20.1 Å². The number of hydrogen-bond donors (Lipinski definition) is 1. The Hall–Kier alpha value is -1.30. The van der Waals surface area contributed by atoms with Gasteiger partial charge in [-0.1, -0.05) is 17.7 Å². The molecule has 0 bridgehead atoms. The first-order valence-electron chi connectivity index (χ1n) is 9.19. The molecule has 1 aromatic carbocycles. The highest BCUT2D eigenvalue weighted by Gasteiger charge is 2.44. The molecule has 1 aliphatic carbocycles. The van der Waals surface area contributed by atoms with Gasteiger partial charge in [-0.3, -0.25) is 4.79 Å². The Labute approximate surface area is 153 Å². The van der Waals surface area contributed by atoms with Gasteiger partial charge >= 0.3 is 0 Å². The molecular weight excluding hydrogens is 340 g/mol. The molecule has 0 radical (unpaired) electrons. The number of rotatable bonds is 3. The van der Waals surface area contributed by atoms with Crippen LogP contribution in [0.2, 0.25) is 5.02 Å². The Bertz CT molecular complexity index is 650. The van der Waals surface area contributed by atoms with Gasteiger partial charge in [0.15, 0.2) is 5.79 Å². The average Bonchev–Trinajstić information content (AvgIpc) is 3.19. The van der Waals surface area contributed by atoms with E-state index in [4.69, 9.17) is 26.8 Å². The lowest BCUT2D eigenvalue weighted by molar-refractivity contribution is -0.184. The number of carbonyl (C=O) groups excluding carboxylic acids is 1. The fraction of sp³-hybridized carbons (Fsp3) is 0.632. The third kappa shape index (κ3) is 3.37. The molecule has 136 valence electrons. The highest BCUT2D eigenvalue weighted by Crippen LogP contribution is 2.39. The maximum absolute atomic E-state index is 12.9. The highest BCUT2D eigenvalue weighted by atomic mass is 35.5. The van der Waals surface area contributed by atoms with E-state index in [-0.39, 0.29) is 17.6 Å². The van der Waals surface area contributed by atoms with E-state index in [0.29, 0.717) is 36.4 Å². The predicted octanol–water partition coefficient (Wildman–Crippen LogP) is 3.00. The number of amides is 1. The highest BCUT2D eigenvalue weighted by molar-refractivity contribution is 6.31. The largest absolute Gasteiger partial charge is 0.399 e. The van der Waals surface area contributed by atoms with Crippen LogP contribution in [0.15, 0.2) is 18.2 Å². The standard InChI is InChI=1S/C19H25ClN2O3/c20-17-12-15(21)2-1-13(17)11-14-5-8-22(18(14)23)16-3-6-19(7-4-16)24-9-10-25-19/h1-2,12,14,16H,3-11,21H2. The Morgan fingerprint density at radius 3 is 2.60 bits per heavy atom. The molecule has 2 aliphatic heterocycles. The van der Waals surface area contributed by atoms with Crippen molar-refractivity contribution in [2.45, 2.75) is 50.4 Å². The SMILES string of the molecule is Nc1ccc(CC2CCN(C3CCC4(CC3)OCCO4)C2=O)c(Cl)c1. The van der Waals surface area contributed by atoms with E-state index >= 15 is 0 Å². The van der Waals surface area contributed by atoms with Crippen LogP contribution in [0.25, 0.3) is 0 Å². The molecule has 2 saturated heterocycles. The Balaban J connectivity index is 1.37. The monoisotopic (exact) mass is 364 g/mol. The molecule has 1 aromatic rings. The molecular formula is C19H25ClN2O3. The van der Waals surface area contributed by atoms with Gasteiger partial charge in [0, 0.05) is 42.1 Å². The summed E-state index contributed by atoms with van der Waals surface area (Å²) in [6.45, 7) is 2.23. The Morgan fingerprint density at radius 2 is 1.92 bits per heavy atom. The van der Waals surface area contributed by atoms with Crippen molar-refractivity contribution >= 4 is 23.2 Å². The topological polar surface area (TPSA) is 64.8 Å². The minimum Gasteiger partial charge on any atom is -0.399 e. The molecule has 1 unspecified atom stereocenters. The van der Waals surface area contributed by atoms with Crippen LogP contribution in [0.4, 0.5) is 5.69 Å². The molecule has 3 fully saturated rings. The number of anilines is 1. The van der Waals surface area contributed by atoms with E-state index in [2.05, 4.69) is 4.90 Å². The second-order valence-electron chi connectivity index (χ2n) is 7.41. The number of carbonyl (C=O) groups is 1. The quantitative estimate of drug-likeness (QED) is 0.837. The van der Waals surface area contributed by atoms with Gasteiger partial charge in [0.2, 0.25) is 5.91 Å². The zero-order valence-electron chi connectivity index (χ0n) is 14.4. The van der Waals surface area contributed by atoms with Crippen molar-refractivity contribution in [3.8, 4) is 0 Å². The first kappa shape index (κ1) is 17.1. The van der Waals surface area contributed by atoms with Crippen LogP contribution in [-0.2, 0) is 20.7 Å². The van der Waals surface area contributed by atoms with Crippen LogP contribution in [0, 0.1) is 5.92 Å². The number of hydrogen-bond acceptors (Lipinski definition) is 4. The molecule has 2 heterocycles. The van der Waals surface area contributed by atoms with Gasteiger partial charge in [-0.2, -0.15) is 0 Å². The minimum atomic E-state index is -0.365. The summed E-state index contributed by atoms with van der Waals surface area (Å²) >= 11 is 6.28. The van der Waals surface area contributed by atoms with E-state index in [1.54, 1.807) is 6.07 Å². The molecule has 4 rings (SSSR count). The fourth-order valence-corrected chi connectivity index (χ4v) is 4.72. The van der Waals surface area contributed by atoms with E-state index in [1.165, 1.54) is 0 Å². The lowest BCUT2D eigenvalue weighted by atomic mass is 9.89. The predicted molar refractivity (Wildman–Crippen MR) is 96.3 cm³/mol. The second-order valence-corrected chi connectivity index (χ2v) is 7.82. The third-order valence-corrected chi connectivity index (χ3v) is 6.22. The van der Waals surface area contributed by atoms with Gasteiger partial charge in [-0.15, -0.1) is 0 Å². The van der Waals surface area contributed by atoms with Gasteiger partial charge in [0.05, 0.1) is 13.2 Å². The second kappa shape index (κ2) is 6.78. The summed E-state index contributed by atoms with van der Waals surface area (Å²) in [7, 11) is 0. The first-order chi connectivity index (χ1) is 12.1. The lowest BCUT2D eigenvalue weighted by Crippen LogP contribution is -2.45. The van der Waals surface area contributed by atoms with Crippen molar-refractivity contribution in [1.82, 2.24) is 4.90 Å². The molecule has 1 saturated carbocycles. The number of nitrogens with zero attached hydrogens (tertiary/aromatic N) is 1. The molecule has 2 N–H and O–H groups in total. The summed E-state index contributed by atoms with van der Waals surface area (Å²) in [5.41, 5.74) is 7.41. The first-order valence-corrected chi connectivity index (χ1v) is 9.56. The number of benzene rings is 1. The summed E-state index contributed by atoms with van der Waals surface area (Å²) in [5.74, 6) is -0.0750. The van der Waals surface area contributed by atoms with Crippen molar-refractivity contribution in [2.75, 3.05) is 25.5 Å². The van der Waals surface area contributed by atoms with Crippen LogP contribution in [0.3, 0.4) is 0 Å². The zero-order chi connectivity index (χ0) is 17.4. The normalized spacial score (nSPS) is 26.7. The zero-order valence-corrected chi connectivity index (χ0v) is 15.1. The van der Waals surface area contributed by atoms with E-state index < -0.39 is 0 Å². The van der Waals surface area contributed by atoms with Crippen molar-refractivity contribution < 1.29 is 14.3 Å². The molecule has 6 heteroatoms. The molecule has 0 aromatic heterocycles. The van der Waals surface area contributed by atoms with E-state index in [9.17, 15) is 4.79 Å². The van der Waals surface area contributed by atoms with Gasteiger partial charge in [0.1, 0.15) is 0 Å². The summed E-state index contributed by atoms with van der Waals surface area (Å²) in [6, 6.07) is 5.86. The Kier molecular flexibility index (Phi) is 4.65. The number of nitrogens with two attached hydrogens (primary N) is 1. The van der Waals surface area contributed by atoms with E-state index in [1.807, 2.05) is 12.1 Å². The third-order valence-electron chi connectivity index (χ3n) is 5.87. The van der Waals surface area contributed by atoms with Gasteiger partial charge in [-0.25, -0.2) is 0 Å². The smallest absolute Gasteiger partial charge is 0.226 e. The number of ether oxygens (including phenoxy) is 2. The lowest BCUT2D eigenvalue weighted by Gasteiger charge is -2.39. The summed E-state index contributed by atoms with van der Waals surface area (Å²) in [5, 5.41) is 0.654. The van der Waals surface area contributed by atoms with Crippen molar-refractivity contribution in [3.63, 3.8) is 0 Å². The number of likely N-dealkylation sites (tertiary alicyclic amines) is 1. The summed E-state index contributed by atoms with van der Waals surface area (Å²) < 4.78 is 11.6.